The number of hydrogen-bond donors (Lipinski definition) is 3. The summed E-state index contributed by atoms with van der Waals surface area (Å²) < 4.78 is 68.3. The molecule has 0 bridgehead atoms. The van der Waals surface area contributed by atoms with Crippen LogP contribution in [0.5, 0.6) is 0 Å². The van der Waals surface area contributed by atoms with Crippen LogP contribution in [0.3, 0.4) is 0 Å². The first-order chi connectivity index (χ1) is 43.0. The molecular weight excluding hydrogens is 1170 g/mol. The average molecular weight is 1310 g/mol. The molecule has 5 atom stereocenters. The summed E-state index contributed by atoms with van der Waals surface area (Å²) in [6.07, 6.45) is 49.8. The zero-order valence-corrected chi connectivity index (χ0v) is 59.4. The molecule has 0 spiro atoms. The summed E-state index contributed by atoms with van der Waals surface area (Å²) in [5.41, 5.74) is 0. The van der Waals surface area contributed by atoms with Crippen molar-refractivity contribution in [2.75, 3.05) is 39.6 Å². The SMILES string of the molecule is CCCCCCCCCCCCCCC(=O)OC[C@H](COP(=O)(O)OC[C@@H](O)COP(=O)(O)OC[C@@H](COC(=O)CCCCCCCCCCC)OC(=O)CCCCCCCCCCCCCC)OC(=O)CCCCCCCCCCCCCCCC(C)C. The van der Waals surface area contributed by atoms with E-state index >= 15 is 0 Å². The molecule has 0 aromatic rings. The largest absolute Gasteiger partial charge is 0.472 e. The lowest BCUT2D eigenvalue weighted by Crippen LogP contribution is -2.30. The van der Waals surface area contributed by atoms with Gasteiger partial charge in [-0.05, 0) is 31.6 Å². The molecule has 0 saturated carbocycles. The van der Waals surface area contributed by atoms with E-state index < -0.39 is 97.5 Å². The molecule has 0 aliphatic rings. The molecule has 0 aliphatic heterocycles. The van der Waals surface area contributed by atoms with Gasteiger partial charge in [-0.2, -0.15) is 0 Å². The summed E-state index contributed by atoms with van der Waals surface area (Å²) >= 11 is 0. The van der Waals surface area contributed by atoms with Gasteiger partial charge < -0.3 is 33.8 Å². The number of aliphatic hydroxyl groups excluding tert-OH is 1. The molecule has 3 N–H and O–H groups in total. The highest BCUT2D eigenvalue weighted by Crippen LogP contribution is 2.45. The van der Waals surface area contributed by atoms with Crippen LogP contribution in [0.4, 0.5) is 0 Å². The number of hydrogen-bond acceptors (Lipinski definition) is 15. The van der Waals surface area contributed by atoms with Gasteiger partial charge in [0, 0.05) is 25.7 Å². The molecule has 89 heavy (non-hydrogen) atoms. The number of phosphoric acid groups is 2. The van der Waals surface area contributed by atoms with Crippen LogP contribution in [0.25, 0.3) is 0 Å². The lowest BCUT2D eigenvalue weighted by atomic mass is 10.0. The molecule has 0 amide bonds. The van der Waals surface area contributed by atoms with Crippen molar-refractivity contribution in [2.24, 2.45) is 5.92 Å². The number of esters is 4. The van der Waals surface area contributed by atoms with E-state index in [1.807, 2.05) is 0 Å². The molecule has 0 radical (unpaired) electrons. The highest BCUT2D eigenvalue weighted by Gasteiger charge is 2.30. The smallest absolute Gasteiger partial charge is 0.462 e. The molecule has 0 heterocycles. The molecule has 0 aromatic heterocycles. The molecule has 2 unspecified atom stereocenters. The Hall–Kier alpha value is -1.94. The minimum Gasteiger partial charge on any atom is -0.462 e. The minimum atomic E-state index is -4.95. The summed E-state index contributed by atoms with van der Waals surface area (Å²) in [7, 11) is -9.90. The number of rotatable bonds is 70. The second-order valence-electron chi connectivity index (χ2n) is 25.7. The van der Waals surface area contributed by atoms with E-state index in [1.165, 1.54) is 186 Å². The van der Waals surface area contributed by atoms with Crippen molar-refractivity contribution >= 4 is 39.5 Å². The van der Waals surface area contributed by atoms with Gasteiger partial charge in [0.25, 0.3) is 0 Å². The van der Waals surface area contributed by atoms with Gasteiger partial charge in [-0.25, -0.2) is 9.13 Å². The van der Waals surface area contributed by atoms with Gasteiger partial charge in [-0.15, -0.1) is 0 Å². The fourth-order valence-electron chi connectivity index (χ4n) is 10.6. The topological polar surface area (TPSA) is 237 Å². The maximum absolute atomic E-state index is 13.0. The number of unbranched alkanes of at least 4 members (excludes halogenated alkanes) is 42. The second kappa shape index (κ2) is 63.5. The van der Waals surface area contributed by atoms with Crippen molar-refractivity contribution in [3.63, 3.8) is 0 Å². The average Bonchev–Trinajstić information content (AvgIpc) is 3.68. The van der Waals surface area contributed by atoms with Gasteiger partial charge in [0.05, 0.1) is 26.4 Å². The Labute approximate surface area is 543 Å². The van der Waals surface area contributed by atoms with Crippen LogP contribution in [-0.4, -0.2) is 96.7 Å². The van der Waals surface area contributed by atoms with E-state index in [2.05, 4.69) is 34.6 Å². The Morgan fingerprint density at radius 3 is 0.764 bits per heavy atom. The van der Waals surface area contributed by atoms with Crippen molar-refractivity contribution < 1.29 is 80.2 Å². The van der Waals surface area contributed by atoms with Crippen LogP contribution in [-0.2, 0) is 65.4 Å². The number of phosphoric ester groups is 2. The molecule has 0 aromatic carbocycles. The van der Waals surface area contributed by atoms with Crippen LogP contribution < -0.4 is 0 Å². The minimum absolute atomic E-state index is 0.107. The zero-order chi connectivity index (χ0) is 65.6. The van der Waals surface area contributed by atoms with Crippen LogP contribution in [0.1, 0.15) is 362 Å². The maximum atomic E-state index is 13.0. The fourth-order valence-corrected chi connectivity index (χ4v) is 12.2. The summed E-state index contributed by atoms with van der Waals surface area (Å²) in [5, 5.41) is 10.6. The highest BCUT2D eigenvalue weighted by molar-refractivity contribution is 7.47. The predicted octanol–water partition coefficient (Wildman–Crippen LogP) is 20.1. The molecular formula is C70H136O17P2. The summed E-state index contributed by atoms with van der Waals surface area (Å²) in [5.74, 6) is -1.33. The molecule has 0 saturated heterocycles. The number of carbonyl (C=O) groups is 4. The number of carbonyl (C=O) groups excluding carboxylic acids is 4. The Bertz CT molecular complexity index is 1720. The van der Waals surface area contributed by atoms with Crippen LogP contribution in [0.15, 0.2) is 0 Å². The summed E-state index contributed by atoms with van der Waals surface area (Å²) in [4.78, 5) is 72.5. The molecule has 528 valence electrons. The van der Waals surface area contributed by atoms with Gasteiger partial charge in [0.15, 0.2) is 12.2 Å². The van der Waals surface area contributed by atoms with Crippen molar-refractivity contribution in [1.29, 1.82) is 0 Å². The predicted molar refractivity (Wildman–Crippen MR) is 358 cm³/mol. The van der Waals surface area contributed by atoms with E-state index in [0.29, 0.717) is 25.7 Å². The number of aliphatic hydroxyl groups is 1. The molecule has 0 rings (SSSR count). The first-order valence-electron chi connectivity index (χ1n) is 36.6. The van der Waals surface area contributed by atoms with Crippen molar-refractivity contribution in [3.05, 3.63) is 0 Å². The molecule has 17 nitrogen and oxygen atoms in total. The van der Waals surface area contributed by atoms with Gasteiger partial charge in [0.2, 0.25) is 0 Å². The molecule has 0 fully saturated rings. The van der Waals surface area contributed by atoms with Crippen molar-refractivity contribution in [1.82, 2.24) is 0 Å². The monoisotopic (exact) mass is 1310 g/mol. The zero-order valence-electron chi connectivity index (χ0n) is 57.6. The summed E-state index contributed by atoms with van der Waals surface area (Å²) in [6, 6.07) is 0. The molecule has 0 aliphatic carbocycles. The van der Waals surface area contributed by atoms with E-state index in [1.54, 1.807) is 0 Å². The molecule has 19 heteroatoms. The third-order valence-corrected chi connectivity index (χ3v) is 18.2. The quantitative estimate of drug-likeness (QED) is 0.0222. The van der Waals surface area contributed by atoms with Gasteiger partial charge in [0.1, 0.15) is 19.3 Å². The first kappa shape index (κ1) is 87.1. The van der Waals surface area contributed by atoms with E-state index in [9.17, 15) is 43.2 Å². The summed E-state index contributed by atoms with van der Waals surface area (Å²) in [6.45, 7) is 7.25. The third kappa shape index (κ3) is 64.6. The van der Waals surface area contributed by atoms with E-state index in [4.69, 9.17) is 37.0 Å². The normalized spacial score (nSPS) is 14.1. The third-order valence-electron chi connectivity index (χ3n) is 16.3. The van der Waals surface area contributed by atoms with Crippen molar-refractivity contribution in [3.8, 4) is 0 Å². The Balaban J connectivity index is 5.23. The second-order valence-corrected chi connectivity index (χ2v) is 28.7. The van der Waals surface area contributed by atoms with Crippen LogP contribution in [0, 0.1) is 5.92 Å². The van der Waals surface area contributed by atoms with E-state index in [-0.39, 0.29) is 25.7 Å². The standard InChI is InChI=1S/C70H136O17P2/c1-6-9-12-15-18-21-23-29-34-39-44-49-54-68(73)81-60-66(87-70(75)56-51-46-41-36-31-27-25-26-28-33-37-42-47-52-63(4)5)62-85-89(78,79)83-58-64(71)57-82-88(76,77)84-61-65(59-80-67(72)53-48-43-38-32-20-17-14-11-8-3)86-69(74)55-50-45-40-35-30-24-22-19-16-13-10-7-2/h63-66,71H,6-62H2,1-5H3,(H,76,77)(H,78,79)/t64-,65+,66+/m0/s1. The lowest BCUT2D eigenvalue weighted by molar-refractivity contribution is -0.161. The maximum Gasteiger partial charge on any atom is 0.472 e. The lowest BCUT2D eigenvalue weighted by Gasteiger charge is -2.21. The number of ether oxygens (including phenoxy) is 4. The van der Waals surface area contributed by atoms with E-state index in [0.717, 1.165) is 95.8 Å². The highest BCUT2D eigenvalue weighted by atomic mass is 31.2. The van der Waals surface area contributed by atoms with Gasteiger partial charge in [-0.3, -0.25) is 37.3 Å². The first-order valence-corrected chi connectivity index (χ1v) is 39.6. The van der Waals surface area contributed by atoms with Crippen LogP contribution in [0.2, 0.25) is 0 Å². The Morgan fingerprint density at radius 2 is 0.517 bits per heavy atom. The fraction of sp³-hybridized carbons (Fsp3) is 0.943. The van der Waals surface area contributed by atoms with Gasteiger partial charge >= 0.3 is 39.5 Å². The van der Waals surface area contributed by atoms with Gasteiger partial charge in [-0.1, -0.05) is 311 Å². The van der Waals surface area contributed by atoms with Crippen molar-refractivity contribution in [2.45, 2.75) is 380 Å². The van der Waals surface area contributed by atoms with Crippen LogP contribution >= 0.6 is 15.6 Å². The Kier molecular flexibility index (Phi) is 62.1. The Morgan fingerprint density at radius 1 is 0.303 bits per heavy atom.